The molecule has 0 aliphatic rings. The summed E-state index contributed by atoms with van der Waals surface area (Å²) in [5.74, 6) is 6.27. The lowest BCUT2D eigenvalue weighted by Crippen LogP contribution is -2.30. The van der Waals surface area contributed by atoms with E-state index in [0.717, 1.165) is 12.2 Å². The van der Waals surface area contributed by atoms with E-state index >= 15 is 0 Å². The molecular weight excluding hydrogens is 240 g/mol. The second-order valence-corrected chi connectivity index (χ2v) is 4.88. The van der Waals surface area contributed by atoms with E-state index in [4.69, 9.17) is 10.6 Å². The predicted octanol–water partition coefficient (Wildman–Crippen LogP) is 2.74. The number of amides is 1. The van der Waals surface area contributed by atoms with Crippen LogP contribution in [0.3, 0.4) is 0 Å². The molecule has 3 N–H and O–H groups in total. The molecule has 106 valence electrons. The van der Waals surface area contributed by atoms with Crippen LogP contribution in [0.25, 0.3) is 0 Å². The van der Waals surface area contributed by atoms with Crippen molar-refractivity contribution in [1.82, 2.24) is 5.43 Å². The van der Waals surface area contributed by atoms with Gasteiger partial charge in [-0.15, -0.1) is 0 Å². The molecule has 0 bridgehead atoms. The number of rotatable bonds is 7. The number of hydrogen-bond donors (Lipinski definition) is 2. The minimum absolute atomic E-state index is 0.0116. The molecule has 0 aliphatic heterocycles. The Morgan fingerprint density at radius 1 is 1.37 bits per heavy atom. The highest BCUT2D eigenvalue weighted by Crippen LogP contribution is 2.29. The third kappa shape index (κ3) is 4.91. The topological polar surface area (TPSA) is 64.3 Å². The summed E-state index contributed by atoms with van der Waals surface area (Å²) in [6, 6.07) is 8.09. The lowest BCUT2D eigenvalue weighted by molar-refractivity contribution is -0.121. The third-order valence-corrected chi connectivity index (χ3v) is 3.33. The first kappa shape index (κ1) is 15.5. The Balaban J connectivity index is 2.63. The first-order valence-corrected chi connectivity index (χ1v) is 6.83. The summed E-state index contributed by atoms with van der Waals surface area (Å²) >= 11 is 0. The Hall–Kier alpha value is -1.55. The van der Waals surface area contributed by atoms with E-state index in [1.165, 1.54) is 5.56 Å². The number of hydrazine groups is 1. The average molecular weight is 264 g/mol. The van der Waals surface area contributed by atoms with E-state index in [1.807, 2.05) is 25.1 Å². The van der Waals surface area contributed by atoms with Crippen LogP contribution in [0.5, 0.6) is 5.75 Å². The second-order valence-electron chi connectivity index (χ2n) is 4.88. The number of nitrogens with one attached hydrogen (secondary N) is 1. The predicted molar refractivity (Wildman–Crippen MR) is 76.8 cm³/mol. The zero-order valence-corrected chi connectivity index (χ0v) is 12.0. The van der Waals surface area contributed by atoms with Crippen LogP contribution in [0.1, 0.15) is 51.5 Å². The molecule has 1 aromatic rings. The third-order valence-electron chi connectivity index (χ3n) is 3.33. The largest absolute Gasteiger partial charge is 0.490 e. The maximum absolute atomic E-state index is 11.1. The van der Waals surface area contributed by atoms with Gasteiger partial charge in [0, 0.05) is 6.42 Å². The zero-order chi connectivity index (χ0) is 14.3. The standard InChI is InChI=1S/C15H24N2O2/c1-4-11(2)13-7-5-6-8-14(13)19-12(3)9-10-15(18)17-16/h5-8,11-12H,4,9-10,16H2,1-3H3,(H,17,18). The number of para-hydroxylation sites is 1. The molecule has 0 saturated carbocycles. The van der Waals surface area contributed by atoms with Gasteiger partial charge in [-0.25, -0.2) is 5.84 Å². The molecule has 1 aromatic carbocycles. The molecule has 0 aliphatic carbocycles. The Bertz CT molecular complexity index is 407. The molecule has 0 saturated heterocycles. The van der Waals surface area contributed by atoms with Crippen LogP contribution >= 0.6 is 0 Å². The minimum Gasteiger partial charge on any atom is -0.490 e. The molecule has 4 heteroatoms. The van der Waals surface area contributed by atoms with Gasteiger partial charge in [-0.05, 0) is 37.3 Å². The van der Waals surface area contributed by atoms with Crippen LogP contribution < -0.4 is 16.0 Å². The average Bonchev–Trinajstić information content (AvgIpc) is 2.44. The van der Waals surface area contributed by atoms with E-state index in [0.29, 0.717) is 18.8 Å². The van der Waals surface area contributed by atoms with Gasteiger partial charge < -0.3 is 4.74 Å². The number of ether oxygens (including phenoxy) is 1. The molecule has 19 heavy (non-hydrogen) atoms. The van der Waals surface area contributed by atoms with Gasteiger partial charge >= 0.3 is 0 Å². The van der Waals surface area contributed by atoms with Crippen molar-refractivity contribution in [2.24, 2.45) is 5.84 Å². The van der Waals surface area contributed by atoms with Gasteiger partial charge in [0.05, 0.1) is 6.10 Å². The quantitative estimate of drug-likeness (QED) is 0.452. The molecule has 1 rings (SSSR count). The van der Waals surface area contributed by atoms with Gasteiger partial charge in [-0.2, -0.15) is 0 Å². The number of carbonyl (C=O) groups excluding carboxylic acids is 1. The summed E-state index contributed by atoms with van der Waals surface area (Å²) < 4.78 is 5.94. The van der Waals surface area contributed by atoms with E-state index in [-0.39, 0.29) is 12.0 Å². The van der Waals surface area contributed by atoms with Gasteiger partial charge in [-0.1, -0.05) is 32.0 Å². The van der Waals surface area contributed by atoms with Gasteiger partial charge in [-0.3, -0.25) is 10.2 Å². The van der Waals surface area contributed by atoms with Crippen molar-refractivity contribution < 1.29 is 9.53 Å². The van der Waals surface area contributed by atoms with Crippen LogP contribution in [0.2, 0.25) is 0 Å². The fourth-order valence-electron chi connectivity index (χ4n) is 1.90. The van der Waals surface area contributed by atoms with Crippen molar-refractivity contribution in [2.45, 2.75) is 52.1 Å². The maximum atomic E-state index is 11.1. The number of hydrogen-bond acceptors (Lipinski definition) is 3. The summed E-state index contributed by atoms with van der Waals surface area (Å²) in [5, 5.41) is 0. The smallest absolute Gasteiger partial charge is 0.234 e. The Labute approximate surface area is 115 Å². The fraction of sp³-hybridized carbons (Fsp3) is 0.533. The lowest BCUT2D eigenvalue weighted by Gasteiger charge is -2.19. The van der Waals surface area contributed by atoms with Gasteiger partial charge in [0.1, 0.15) is 5.75 Å². The van der Waals surface area contributed by atoms with Crippen LogP contribution in [0, 0.1) is 0 Å². The zero-order valence-electron chi connectivity index (χ0n) is 12.0. The molecule has 0 spiro atoms. The highest BCUT2D eigenvalue weighted by Gasteiger charge is 2.13. The molecule has 0 aromatic heterocycles. The Morgan fingerprint density at radius 3 is 2.68 bits per heavy atom. The van der Waals surface area contributed by atoms with Crippen LogP contribution in [0.15, 0.2) is 24.3 Å². The molecule has 0 radical (unpaired) electrons. The summed E-state index contributed by atoms with van der Waals surface area (Å²) in [6.45, 7) is 6.32. The van der Waals surface area contributed by atoms with Gasteiger partial charge in [0.25, 0.3) is 0 Å². The normalized spacial score (nSPS) is 13.7. The maximum Gasteiger partial charge on any atom is 0.234 e. The van der Waals surface area contributed by atoms with E-state index in [1.54, 1.807) is 0 Å². The molecule has 2 unspecified atom stereocenters. The molecule has 4 nitrogen and oxygen atoms in total. The highest BCUT2D eigenvalue weighted by atomic mass is 16.5. The molecule has 1 amide bonds. The van der Waals surface area contributed by atoms with Crippen molar-refractivity contribution in [2.75, 3.05) is 0 Å². The monoisotopic (exact) mass is 264 g/mol. The molecule has 2 atom stereocenters. The first-order valence-electron chi connectivity index (χ1n) is 6.83. The van der Waals surface area contributed by atoms with Gasteiger partial charge in [0.15, 0.2) is 0 Å². The number of nitrogens with two attached hydrogens (primary N) is 1. The SMILES string of the molecule is CCC(C)c1ccccc1OC(C)CCC(=O)NN. The Morgan fingerprint density at radius 2 is 2.05 bits per heavy atom. The van der Waals surface area contributed by atoms with Crippen LogP contribution in [0.4, 0.5) is 0 Å². The van der Waals surface area contributed by atoms with Crippen molar-refractivity contribution in [3.63, 3.8) is 0 Å². The fourth-order valence-corrected chi connectivity index (χ4v) is 1.90. The minimum atomic E-state index is -0.161. The van der Waals surface area contributed by atoms with E-state index < -0.39 is 0 Å². The van der Waals surface area contributed by atoms with Crippen molar-refractivity contribution in [1.29, 1.82) is 0 Å². The second kappa shape index (κ2) is 7.79. The van der Waals surface area contributed by atoms with Crippen LogP contribution in [-0.2, 0) is 4.79 Å². The highest BCUT2D eigenvalue weighted by molar-refractivity contribution is 5.75. The molecular formula is C15H24N2O2. The summed E-state index contributed by atoms with van der Waals surface area (Å²) in [7, 11) is 0. The summed E-state index contributed by atoms with van der Waals surface area (Å²) in [5.41, 5.74) is 3.35. The summed E-state index contributed by atoms with van der Waals surface area (Å²) in [6.07, 6.45) is 2.09. The van der Waals surface area contributed by atoms with Crippen LogP contribution in [-0.4, -0.2) is 12.0 Å². The van der Waals surface area contributed by atoms with Crippen molar-refractivity contribution in [3.05, 3.63) is 29.8 Å². The molecule has 0 heterocycles. The lowest BCUT2D eigenvalue weighted by atomic mass is 9.98. The van der Waals surface area contributed by atoms with Gasteiger partial charge in [0.2, 0.25) is 5.91 Å². The van der Waals surface area contributed by atoms with E-state index in [9.17, 15) is 4.79 Å². The number of carbonyl (C=O) groups is 1. The Kier molecular flexibility index (Phi) is 6.36. The summed E-state index contributed by atoms with van der Waals surface area (Å²) in [4.78, 5) is 11.1. The van der Waals surface area contributed by atoms with Crippen molar-refractivity contribution >= 4 is 5.91 Å². The molecule has 0 fully saturated rings. The first-order chi connectivity index (χ1) is 9.08. The van der Waals surface area contributed by atoms with Crippen molar-refractivity contribution in [3.8, 4) is 5.75 Å². The van der Waals surface area contributed by atoms with E-state index in [2.05, 4.69) is 25.3 Å². The number of benzene rings is 1.